The minimum absolute atomic E-state index is 0.00496. The number of rotatable bonds is 4. The van der Waals surface area contributed by atoms with E-state index >= 15 is 0 Å². The van der Waals surface area contributed by atoms with E-state index in [1.807, 2.05) is 0 Å². The molecule has 2 aromatic carbocycles. The Kier molecular flexibility index (Phi) is 4.54. The molecular weight excluding hydrogens is 350 g/mol. The fourth-order valence-electron chi connectivity index (χ4n) is 2.07. The van der Waals surface area contributed by atoms with Gasteiger partial charge < -0.3 is 5.32 Å². The molecule has 1 aromatic heterocycles. The molecule has 0 unspecified atom stereocenters. The van der Waals surface area contributed by atoms with Crippen molar-refractivity contribution in [2.45, 2.75) is 0 Å². The number of carbonyl (C=O) groups excluding carboxylic acids is 1. The lowest BCUT2D eigenvalue weighted by Gasteiger charge is -2.04. The number of halogens is 1. The standard InChI is InChI=1S/C16H10ClN3O3S/c17-12-6-7-13(16-15(12)18-9-24-16)19-14(21)8-3-10-1-4-11(5-2-10)20(22)23/h1-9H,(H,19,21)/b8-3-. The van der Waals surface area contributed by atoms with E-state index in [2.05, 4.69) is 10.3 Å². The number of anilines is 1. The first-order valence-electron chi connectivity index (χ1n) is 6.80. The number of non-ortho nitro benzene ring substituents is 1. The van der Waals surface area contributed by atoms with E-state index in [4.69, 9.17) is 11.6 Å². The second-order valence-corrected chi connectivity index (χ2v) is 6.06. The summed E-state index contributed by atoms with van der Waals surface area (Å²) in [4.78, 5) is 26.4. The molecule has 3 rings (SSSR count). The fraction of sp³-hybridized carbons (Fsp3) is 0. The Morgan fingerprint density at radius 2 is 2.00 bits per heavy atom. The Bertz CT molecular complexity index is 951. The first kappa shape index (κ1) is 16.1. The zero-order chi connectivity index (χ0) is 17.1. The average molecular weight is 360 g/mol. The van der Waals surface area contributed by atoms with Gasteiger partial charge in [0.2, 0.25) is 5.91 Å². The molecule has 0 saturated heterocycles. The molecule has 6 nitrogen and oxygen atoms in total. The molecule has 1 N–H and O–H groups in total. The number of aromatic nitrogens is 1. The first-order chi connectivity index (χ1) is 11.5. The molecule has 0 fully saturated rings. The average Bonchev–Trinajstić information content (AvgIpc) is 3.07. The number of carbonyl (C=O) groups is 1. The molecule has 0 radical (unpaired) electrons. The summed E-state index contributed by atoms with van der Waals surface area (Å²) < 4.78 is 0.805. The lowest BCUT2D eigenvalue weighted by molar-refractivity contribution is -0.384. The number of nitro groups is 1. The Balaban J connectivity index is 1.74. The van der Waals surface area contributed by atoms with Crippen molar-refractivity contribution in [3.63, 3.8) is 0 Å². The summed E-state index contributed by atoms with van der Waals surface area (Å²) in [6.45, 7) is 0. The Morgan fingerprint density at radius 3 is 2.71 bits per heavy atom. The predicted octanol–water partition coefficient (Wildman–Crippen LogP) is 4.51. The summed E-state index contributed by atoms with van der Waals surface area (Å²) >= 11 is 7.44. The van der Waals surface area contributed by atoms with Crippen LogP contribution in [-0.4, -0.2) is 15.8 Å². The quantitative estimate of drug-likeness (QED) is 0.422. The third-order valence-electron chi connectivity index (χ3n) is 3.22. The van der Waals surface area contributed by atoms with Crippen molar-refractivity contribution in [1.29, 1.82) is 0 Å². The molecule has 0 bridgehead atoms. The number of nitrogens with zero attached hydrogens (tertiary/aromatic N) is 2. The molecule has 24 heavy (non-hydrogen) atoms. The highest BCUT2D eigenvalue weighted by Gasteiger charge is 2.09. The second-order valence-electron chi connectivity index (χ2n) is 4.80. The highest BCUT2D eigenvalue weighted by molar-refractivity contribution is 7.17. The monoisotopic (exact) mass is 359 g/mol. The van der Waals surface area contributed by atoms with Crippen LogP contribution >= 0.6 is 22.9 Å². The molecule has 8 heteroatoms. The summed E-state index contributed by atoms with van der Waals surface area (Å²) in [5.41, 5.74) is 3.65. The summed E-state index contributed by atoms with van der Waals surface area (Å²) in [6.07, 6.45) is 2.95. The van der Waals surface area contributed by atoms with Crippen molar-refractivity contribution in [3.8, 4) is 0 Å². The molecule has 120 valence electrons. The maximum atomic E-state index is 12.1. The molecule has 0 spiro atoms. The number of hydrogen-bond acceptors (Lipinski definition) is 5. The van der Waals surface area contributed by atoms with Crippen molar-refractivity contribution in [2.24, 2.45) is 0 Å². The van der Waals surface area contributed by atoms with Crippen LogP contribution in [0.3, 0.4) is 0 Å². The van der Waals surface area contributed by atoms with Crippen LogP contribution in [0.2, 0.25) is 5.02 Å². The van der Waals surface area contributed by atoms with Crippen LogP contribution in [0.25, 0.3) is 16.3 Å². The lowest BCUT2D eigenvalue weighted by Crippen LogP contribution is -2.07. The number of benzene rings is 2. The molecule has 0 saturated carbocycles. The van der Waals surface area contributed by atoms with E-state index in [0.29, 0.717) is 21.8 Å². The van der Waals surface area contributed by atoms with Crippen LogP contribution in [-0.2, 0) is 4.79 Å². The first-order valence-corrected chi connectivity index (χ1v) is 8.05. The van der Waals surface area contributed by atoms with Gasteiger partial charge in [0.1, 0.15) is 5.52 Å². The number of nitro benzene ring substituents is 1. The van der Waals surface area contributed by atoms with Crippen molar-refractivity contribution in [1.82, 2.24) is 4.98 Å². The number of amides is 1. The molecule has 0 atom stereocenters. The van der Waals surface area contributed by atoms with Crippen molar-refractivity contribution < 1.29 is 9.72 Å². The van der Waals surface area contributed by atoms with Gasteiger partial charge in [-0.25, -0.2) is 4.98 Å². The second kappa shape index (κ2) is 6.77. The van der Waals surface area contributed by atoms with Crippen LogP contribution in [0.15, 0.2) is 48.0 Å². The number of thiazole rings is 1. The van der Waals surface area contributed by atoms with Crippen LogP contribution in [0.4, 0.5) is 11.4 Å². The van der Waals surface area contributed by atoms with Crippen molar-refractivity contribution in [3.05, 3.63) is 68.7 Å². The predicted molar refractivity (Wildman–Crippen MR) is 95.4 cm³/mol. The van der Waals surface area contributed by atoms with E-state index in [1.165, 1.54) is 29.5 Å². The molecule has 0 aliphatic carbocycles. The largest absolute Gasteiger partial charge is 0.321 e. The third-order valence-corrected chi connectivity index (χ3v) is 4.39. The summed E-state index contributed by atoms with van der Waals surface area (Å²) in [7, 11) is 0. The minimum atomic E-state index is -0.471. The summed E-state index contributed by atoms with van der Waals surface area (Å²) in [5, 5.41) is 13.9. The number of fused-ring (bicyclic) bond motifs is 1. The highest BCUT2D eigenvalue weighted by atomic mass is 35.5. The van der Waals surface area contributed by atoms with E-state index < -0.39 is 4.92 Å². The van der Waals surface area contributed by atoms with Gasteiger partial charge in [-0.15, -0.1) is 11.3 Å². The van der Waals surface area contributed by atoms with E-state index in [9.17, 15) is 14.9 Å². The normalized spacial score (nSPS) is 11.0. The van der Waals surface area contributed by atoms with E-state index in [-0.39, 0.29) is 11.6 Å². The van der Waals surface area contributed by atoms with Crippen LogP contribution in [0.1, 0.15) is 5.56 Å². The van der Waals surface area contributed by atoms with E-state index in [1.54, 1.807) is 35.9 Å². The van der Waals surface area contributed by atoms with Gasteiger partial charge >= 0.3 is 0 Å². The molecule has 0 aliphatic rings. The summed E-state index contributed by atoms with van der Waals surface area (Å²) in [5.74, 6) is -0.314. The molecule has 3 aromatic rings. The Labute approximate surface area is 145 Å². The van der Waals surface area contributed by atoms with Crippen LogP contribution in [0, 0.1) is 10.1 Å². The fourth-order valence-corrected chi connectivity index (χ4v) is 3.12. The SMILES string of the molecule is O=C(/C=C\c1ccc([N+](=O)[O-])cc1)Nc1ccc(Cl)c2ncsc12. The van der Waals surface area contributed by atoms with Crippen LogP contribution in [0.5, 0.6) is 0 Å². The number of nitrogens with one attached hydrogen (secondary N) is 1. The molecular formula is C16H10ClN3O3S. The summed E-state index contributed by atoms with van der Waals surface area (Å²) in [6, 6.07) is 9.33. The molecule has 1 heterocycles. The van der Waals surface area contributed by atoms with Gasteiger partial charge in [0.05, 0.1) is 25.8 Å². The van der Waals surface area contributed by atoms with Crippen LogP contribution < -0.4 is 5.32 Å². The molecule has 1 amide bonds. The Morgan fingerprint density at radius 1 is 1.25 bits per heavy atom. The van der Waals surface area contributed by atoms with Gasteiger partial charge in [-0.3, -0.25) is 14.9 Å². The topological polar surface area (TPSA) is 85.1 Å². The van der Waals surface area contributed by atoms with E-state index in [0.717, 1.165) is 4.70 Å². The van der Waals surface area contributed by atoms with Gasteiger partial charge in [0.25, 0.3) is 5.69 Å². The Hall–Kier alpha value is -2.77. The zero-order valence-corrected chi connectivity index (χ0v) is 13.7. The zero-order valence-electron chi connectivity index (χ0n) is 12.1. The van der Waals surface area contributed by atoms with Crippen molar-refractivity contribution >= 4 is 56.5 Å². The van der Waals surface area contributed by atoms with Gasteiger partial charge in [-0.05, 0) is 35.9 Å². The maximum absolute atomic E-state index is 12.1. The van der Waals surface area contributed by atoms with Gasteiger partial charge in [0.15, 0.2) is 0 Å². The highest BCUT2D eigenvalue weighted by Crippen LogP contribution is 2.32. The minimum Gasteiger partial charge on any atom is -0.321 e. The van der Waals surface area contributed by atoms with Crippen molar-refractivity contribution in [2.75, 3.05) is 5.32 Å². The molecule has 0 aliphatic heterocycles. The van der Waals surface area contributed by atoms with Gasteiger partial charge in [0, 0.05) is 18.2 Å². The number of hydrogen-bond donors (Lipinski definition) is 1. The third kappa shape index (κ3) is 3.42. The van der Waals surface area contributed by atoms with Gasteiger partial charge in [-0.1, -0.05) is 11.6 Å². The van der Waals surface area contributed by atoms with Gasteiger partial charge in [-0.2, -0.15) is 0 Å². The maximum Gasteiger partial charge on any atom is 0.269 e. The smallest absolute Gasteiger partial charge is 0.269 e. The lowest BCUT2D eigenvalue weighted by atomic mass is 10.2.